The lowest BCUT2D eigenvalue weighted by Gasteiger charge is -2.20. The number of benzene rings is 9. The summed E-state index contributed by atoms with van der Waals surface area (Å²) in [7, 11) is 0. The summed E-state index contributed by atoms with van der Waals surface area (Å²) < 4.78 is 2.45. The molecule has 0 aliphatic carbocycles. The Kier molecular flexibility index (Phi) is 5.06. The molecule has 0 radical (unpaired) electrons. The molecule has 10 aromatic rings. The minimum Gasteiger partial charge on any atom is -0.309 e. The summed E-state index contributed by atoms with van der Waals surface area (Å²) >= 11 is 0. The van der Waals surface area contributed by atoms with Gasteiger partial charge in [-0.15, -0.1) is 0 Å². The fraction of sp³-hybridized carbons (Fsp3) is 0. The molecule has 0 unspecified atom stereocenters. The number of aromatic nitrogens is 1. The van der Waals surface area contributed by atoms with Gasteiger partial charge in [0.15, 0.2) is 0 Å². The molecule has 0 saturated heterocycles. The quantitative estimate of drug-likeness (QED) is 0.144. The van der Waals surface area contributed by atoms with Crippen LogP contribution in [-0.2, 0) is 0 Å². The SMILES string of the molecule is c1ccc2c(-c3ccc(-n4c5ccccc5c5ccccc54)c4ccccc34)c3c4ccccc4c4ccccc4c3cc2c1. The number of hydrogen-bond acceptors (Lipinski definition) is 0. The Morgan fingerprint density at radius 3 is 1.44 bits per heavy atom. The molecule has 45 heavy (non-hydrogen) atoms. The van der Waals surface area contributed by atoms with Gasteiger partial charge in [-0.3, -0.25) is 0 Å². The molecule has 0 atom stereocenters. The van der Waals surface area contributed by atoms with Crippen LogP contribution in [0.4, 0.5) is 0 Å². The maximum atomic E-state index is 2.45. The predicted octanol–water partition coefficient (Wildman–Crippen LogP) is 12.2. The van der Waals surface area contributed by atoms with E-state index in [9.17, 15) is 0 Å². The lowest BCUT2D eigenvalue weighted by atomic mass is 9.85. The summed E-state index contributed by atoms with van der Waals surface area (Å²) in [5.41, 5.74) is 6.22. The molecule has 0 fully saturated rings. The summed E-state index contributed by atoms with van der Waals surface area (Å²) in [6.07, 6.45) is 0. The summed E-state index contributed by atoms with van der Waals surface area (Å²) in [6, 6.07) is 60.3. The lowest BCUT2D eigenvalue weighted by Crippen LogP contribution is -1.97. The van der Waals surface area contributed by atoms with Crippen molar-refractivity contribution in [3.63, 3.8) is 0 Å². The topological polar surface area (TPSA) is 4.93 Å². The standard InChI is InChI=1S/C44H27N/c1-2-14-29-28(13-1)27-39-32-17-4-3-15-30(32)31-16-6-8-22-37(31)44(39)43(29)38-25-26-42(34-19-7-5-18-33(34)38)45-40-23-11-9-20-35(40)36-21-10-12-24-41(36)45/h1-27H. The molecule has 0 amide bonds. The second-order valence-electron chi connectivity index (χ2n) is 12.0. The third-order valence-electron chi connectivity index (χ3n) is 9.74. The number of rotatable bonds is 2. The first-order valence-corrected chi connectivity index (χ1v) is 15.6. The zero-order valence-electron chi connectivity index (χ0n) is 24.5. The first-order chi connectivity index (χ1) is 22.4. The molecule has 0 aliphatic heterocycles. The second kappa shape index (κ2) is 9.29. The average Bonchev–Trinajstić information content (AvgIpc) is 3.45. The first kappa shape index (κ1) is 24.5. The molecule has 9 aromatic carbocycles. The number of fused-ring (bicyclic) bond motifs is 11. The zero-order valence-corrected chi connectivity index (χ0v) is 24.5. The lowest BCUT2D eigenvalue weighted by molar-refractivity contribution is 1.20. The molecular formula is C44H27N. The third-order valence-corrected chi connectivity index (χ3v) is 9.74. The van der Waals surface area contributed by atoms with E-state index in [1.807, 2.05) is 0 Å². The minimum absolute atomic E-state index is 1.20. The van der Waals surface area contributed by atoms with E-state index in [1.54, 1.807) is 0 Å². The van der Waals surface area contributed by atoms with E-state index in [0.717, 1.165) is 0 Å². The van der Waals surface area contributed by atoms with Crippen LogP contribution in [0.15, 0.2) is 164 Å². The van der Waals surface area contributed by atoms with Gasteiger partial charge in [0.25, 0.3) is 0 Å². The maximum absolute atomic E-state index is 2.45. The highest BCUT2D eigenvalue weighted by Crippen LogP contribution is 2.46. The van der Waals surface area contributed by atoms with Gasteiger partial charge >= 0.3 is 0 Å². The van der Waals surface area contributed by atoms with Crippen molar-refractivity contribution in [2.75, 3.05) is 0 Å². The van der Waals surface area contributed by atoms with E-state index >= 15 is 0 Å². The van der Waals surface area contributed by atoms with E-state index in [1.165, 1.54) is 92.5 Å². The summed E-state index contributed by atoms with van der Waals surface area (Å²) in [6.45, 7) is 0. The molecule has 1 heteroatoms. The van der Waals surface area contributed by atoms with Gasteiger partial charge in [0.2, 0.25) is 0 Å². The van der Waals surface area contributed by atoms with Gasteiger partial charge in [-0.2, -0.15) is 0 Å². The molecule has 1 aromatic heterocycles. The largest absolute Gasteiger partial charge is 0.309 e. The Morgan fingerprint density at radius 2 is 0.778 bits per heavy atom. The predicted molar refractivity (Wildman–Crippen MR) is 194 cm³/mol. The number of para-hydroxylation sites is 2. The van der Waals surface area contributed by atoms with E-state index < -0.39 is 0 Å². The van der Waals surface area contributed by atoms with Crippen LogP contribution in [0.1, 0.15) is 0 Å². The molecule has 0 spiro atoms. The van der Waals surface area contributed by atoms with Crippen molar-refractivity contribution in [3.05, 3.63) is 164 Å². The molecule has 0 aliphatic rings. The Labute approximate surface area is 260 Å². The first-order valence-electron chi connectivity index (χ1n) is 15.6. The van der Waals surface area contributed by atoms with Gasteiger partial charge in [-0.1, -0.05) is 140 Å². The van der Waals surface area contributed by atoms with E-state index in [2.05, 4.69) is 168 Å². The van der Waals surface area contributed by atoms with E-state index in [4.69, 9.17) is 0 Å². The van der Waals surface area contributed by atoms with Crippen LogP contribution < -0.4 is 0 Å². The summed E-state index contributed by atoms with van der Waals surface area (Å²) in [5, 5.41) is 15.4. The van der Waals surface area contributed by atoms with Gasteiger partial charge in [0.1, 0.15) is 0 Å². The van der Waals surface area contributed by atoms with Crippen LogP contribution >= 0.6 is 0 Å². The van der Waals surface area contributed by atoms with Crippen LogP contribution in [0.5, 0.6) is 0 Å². The molecular weight excluding hydrogens is 542 g/mol. The van der Waals surface area contributed by atoms with Crippen molar-refractivity contribution in [1.82, 2.24) is 4.57 Å². The van der Waals surface area contributed by atoms with Gasteiger partial charge in [0, 0.05) is 16.2 Å². The van der Waals surface area contributed by atoms with Crippen molar-refractivity contribution < 1.29 is 0 Å². The molecule has 0 saturated carbocycles. The van der Waals surface area contributed by atoms with E-state index in [0.29, 0.717) is 0 Å². The summed E-state index contributed by atoms with van der Waals surface area (Å²) in [4.78, 5) is 0. The smallest absolute Gasteiger partial charge is 0.0541 e. The summed E-state index contributed by atoms with van der Waals surface area (Å²) in [5.74, 6) is 0. The molecule has 1 nitrogen and oxygen atoms in total. The Hall–Kier alpha value is -5.92. The van der Waals surface area contributed by atoms with Crippen LogP contribution in [0.3, 0.4) is 0 Å². The highest BCUT2D eigenvalue weighted by atomic mass is 15.0. The van der Waals surface area contributed by atoms with Gasteiger partial charge in [-0.05, 0) is 83.9 Å². The highest BCUT2D eigenvalue weighted by molar-refractivity contribution is 6.33. The van der Waals surface area contributed by atoms with Crippen LogP contribution in [0.2, 0.25) is 0 Å². The highest BCUT2D eigenvalue weighted by Gasteiger charge is 2.20. The number of hydrogen-bond donors (Lipinski definition) is 0. The molecule has 10 rings (SSSR count). The maximum Gasteiger partial charge on any atom is 0.0541 e. The minimum atomic E-state index is 1.20. The fourth-order valence-electron chi connectivity index (χ4n) is 7.89. The fourth-order valence-corrected chi connectivity index (χ4v) is 7.89. The second-order valence-corrected chi connectivity index (χ2v) is 12.0. The Balaban J connectivity index is 1.39. The normalized spacial score (nSPS) is 12.0. The zero-order chi connectivity index (χ0) is 29.5. The van der Waals surface area contributed by atoms with Gasteiger partial charge in [0.05, 0.1) is 16.7 Å². The monoisotopic (exact) mass is 569 g/mol. The van der Waals surface area contributed by atoms with Crippen molar-refractivity contribution in [3.8, 4) is 16.8 Å². The van der Waals surface area contributed by atoms with Gasteiger partial charge < -0.3 is 4.57 Å². The van der Waals surface area contributed by atoms with Crippen molar-refractivity contribution in [2.24, 2.45) is 0 Å². The van der Waals surface area contributed by atoms with E-state index in [-0.39, 0.29) is 0 Å². The van der Waals surface area contributed by atoms with Crippen molar-refractivity contribution in [1.29, 1.82) is 0 Å². The van der Waals surface area contributed by atoms with Crippen molar-refractivity contribution in [2.45, 2.75) is 0 Å². The van der Waals surface area contributed by atoms with Crippen LogP contribution in [0, 0.1) is 0 Å². The van der Waals surface area contributed by atoms with Gasteiger partial charge in [-0.25, -0.2) is 0 Å². The third kappa shape index (κ3) is 3.38. The average molecular weight is 570 g/mol. The molecule has 208 valence electrons. The molecule has 1 heterocycles. The Bertz CT molecular complexity index is 2760. The Morgan fingerprint density at radius 1 is 0.311 bits per heavy atom. The van der Waals surface area contributed by atoms with Crippen molar-refractivity contribution >= 4 is 75.7 Å². The molecule has 0 bridgehead atoms. The van der Waals surface area contributed by atoms with Crippen LogP contribution in [-0.4, -0.2) is 4.57 Å². The molecule has 0 N–H and O–H groups in total. The number of nitrogens with zero attached hydrogens (tertiary/aromatic N) is 1. The van der Waals surface area contributed by atoms with Crippen LogP contribution in [0.25, 0.3) is 92.5 Å².